The summed E-state index contributed by atoms with van der Waals surface area (Å²) in [5, 5.41) is 2.93. The standard InChI is InChI=1S/C22H29N3O3S/c26-22(23-14-9-17-25-15-6-1-2-7-16-25)19-10-8-11-20(18-19)24-29(27,28)21-12-4-3-5-13-21/h3-5,8,10-13,18,24H,1-2,6-7,9,14-17H2,(H,23,26). The lowest BCUT2D eigenvalue weighted by molar-refractivity contribution is 0.0951. The molecule has 2 aromatic rings. The van der Waals surface area contributed by atoms with Gasteiger partial charge in [-0.2, -0.15) is 0 Å². The van der Waals surface area contributed by atoms with Gasteiger partial charge in [-0.1, -0.05) is 37.1 Å². The maximum absolute atomic E-state index is 12.5. The molecular formula is C22H29N3O3S. The van der Waals surface area contributed by atoms with Gasteiger partial charge in [-0.15, -0.1) is 0 Å². The van der Waals surface area contributed by atoms with Gasteiger partial charge in [0.15, 0.2) is 0 Å². The van der Waals surface area contributed by atoms with Gasteiger partial charge in [0.1, 0.15) is 0 Å². The predicted molar refractivity (Wildman–Crippen MR) is 116 cm³/mol. The highest BCUT2D eigenvalue weighted by atomic mass is 32.2. The molecule has 3 rings (SSSR count). The molecule has 1 aliphatic heterocycles. The van der Waals surface area contributed by atoms with Crippen LogP contribution < -0.4 is 10.0 Å². The quantitative estimate of drug-likeness (QED) is 0.647. The highest BCUT2D eigenvalue weighted by molar-refractivity contribution is 7.92. The molecule has 156 valence electrons. The van der Waals surface area contributed by atoms with Crippen LogP contribution in [0.2, 0.25) is 0 Å². The van der Waals surface area contributed by atoms with Gasteiger partial charge in [0.05, 0.1) is 4.90 Å². The third kappa shape index (κ3) is 6.58. The summed E-state index contributed by atoms with van der Waals surface area (Å²) in [6.07, 6.45) is 6.07. The zero-order valence-corrected chi connectivity index (χ0v) is 17.5. The Kier molecular flexibility index (Phi) is 7.66. The first-order valence-corrected chi connectivity index (χ1v) is 11.7. The molecule has 0 radical (unpaired) electrons. The second-order valence-electron chi connectivity index (χ2n) is 7.36. The summed E-state index contributed by atoms with van der Waals surface area (Å²) >= 11 is 0. The predicted octanol–water partition coefficient (Wildman–Crippen LogP) is 3.48. The number of hydrogen-bond donors (Lipinski definition) is 2. The van der Waals surface area contributed by atoms with Gasteiger partial charge in [0.2, 0.25) is 0 Å². The molecule has 1 amide bonds. The third-order valence-corrected chi connectivity index (χ3v) is 6.46. The van der Waals surface area contributed by atoms with E-state index in [-0.39, 0.29) is 10.8 Å². The van der Waals surface area contributed by atoms with Gasteiger partial charge in [-0.05, 0) is 69.2 Å². The first kappa shape index (κ1) is 21.3. The van der Waals surface area contributed by atoms with Gasteiger partial charge >= 0.3 is 0 Å². The van der Waals surface area contributed by atoms with Crippen LogP contribution in [-0.4, -0.2) is 45.4 Å². The highest BCUT2D eigenvalue weighted by Gasteiger charge is 2.15. The highest BCUT2D eigenvalue weighted by Crippen LogP contribution is 2.17. The molecule has 0 aliphatic carbocycles. The zero-order chi connectivity index (χ0) is 20.5. The van der Waals surface area contributed by atoms with Crippen LogP contribution in [0.1, 0.15) is 42.5 Å². The molecule has 0 unspecified atom stereocenters. The summed E-state index contributed by atoms with van der Waals surface area (Å²) in [7, 11) is -3.68. The molecule has 2 aromatic carbocycles. The van der Waals surface area contributed by atoms with Crippen LogP contribution in [0.25, 0.3) is 0 Å². The number of amides is 1. The van der Waals surface area contributed by atoms with E-state index in [9.17, 15) is 13.2 Å². The second-order valence-corrected chi connectivity index (χ2v) is 9.05. The third-order valence-electron chi connectivity index (χ3n) is 5.07. The maximum atomic E-state index is 12.5. The molecule has 0 spiro atoms. The Bertz CT molecular complexity index is 893. The fourth-order valence-corrected chi connectivity index (χ4v) is 4.57. The summed E-state index contributed by atoms with van der Waals surface area (Å²) < 4.78 is 27.4. The van der Waals surface area contributed by atoms with Crippen LogP contribution in [0.4, 0.5) is 5.69 Å². The van der Waals surface area contributed by atoms with Crippen molar-refractivity contribution in [1.82, 2.24) is 10.2 Å². The largest absolute Gasteiger partial charge is 0.352 e. The molecule has 0 aromatic heterocycles. The fraction of sp³-hybridized carbons (Fsp3) is 0.409. The SMILES string of the molecule is O=C(NCCCN1CCCCCC1)c1cccc(NS(=O)(=O)c2ccccc2)c1. The molecule has 6 nitrogen and oxygen atoms in total. The molecular weight excluding hydrogens is 386 g/mol. The van der Waals surface area contributed by atoms with Crippen LogP contribution >= 0.6 is 0 Å². The first-order chi connectivity index (χ1) is 14.0. The number of carbonyl (C=O) groups excluding carboxylic acids is 1. The molecule has 0 atom stereocenters. The van der Waals surface area contributed by atoms with E-state index in [1.54, 1.807) is 42.5 Å². The molecule has 1 saturated heterocycles. The first-order valence-electron chi connectivity index (χ1n) is 10.2. The monoisotopic (exact) mass is 415 g/mol. The molecule has 1 aliphatic rings. The van der Waals surface area contributed by atoms with Crippen molar-refractivity contribution in [3.05, 3.63) is 60.2 Å². The summed E-state index contributed by atoms with van der Waals surface area (Å²) in [5.74, 6) is -0.193. The smallest absolute Gasteiger partial charge is 0.261 e. The minimum absolute atomic E-state index is 0.184. The van der Waals surface area contributed by atoms with Crippen LogP contribution in [-0.2, 0) is 10.0 Å². The Labute approximate surface area is 173 Å². The van der Waals surface area contributed by atoms with Crippen molar-refractivity contribution in [3.63, 3.8) is 0 Å². The van der Waals surface area contributed by atoms with Crippen molar-refractivity contribution < 1.29 is 13.2 Å². The van der Waals surface area contributed by atoms with Crippen LogP contribution in [0.5, 0.6) is 0 Å². The lowest BCUT2D eigenvalue weighted by Crippen LogP contribution is -2.30. The molecule has 1 heterocycles. The van der Waals surface area contributed by atoms with E-state index in [2.05, 4.69) is 14.9 Å². The number of rotatable bonds is 8. The lowest BCUT2D eigenvalue weighted by Gasteiger charge is -2.19. The molecule has 0 bridgehead atoms. The zero-order valence-electron chi connectivity index (χ0n) is 16.6. The van der Waals surface area contributed by atoms with Crippen molar-refractivity contribution in [1.29, 1.82) is 0 Å². The number of carbonyl (C=O) groups is 1. The van der Waals surface area contributed by atoms with Gasteiger partial charge in [0.25, 0.3) is 15.9 Å². The molecule has 2 N–H and O–H groups in total. The number of benzene rings is 2. The fourth-order valence-electron chi connectivity index (χ4n) is 3.50. The van der Waals surface area contributed by atoms with Gasteiger partial charge in [-0.3, -0.25) is 9.52 Å². The average molecular weight is 416 g/mol. The number of likely N-dealkylation sites (tertiary alicyclic amines) is 1. The Morgan fingerprint density at radius 2 is 1.66 bits per heavy atom. The molecule has 0 saturated carbocycles. The summed E-state index contributed by atoms with van der Waals surface area (Å²) in [4.78, 5) is 15.1. The lowest BCUT2D eigenvalue weighted by atomic mass is 10.2. The van der Waals surface area contributed by atoms with E-state index in [0.717, 1.165) is 26.1 Å². The van der Waals surface area contributed by atoms with Crippen molar-refractivity contribution in [3.8, 4) is 0 Å². The Morgan fingerprint density at radius 1 is 0.931 bits per heavy atom. The number of nitrogens with zero attached hydrogens (tertiary/aromatic N) is 1. The number of hydrogen-bond acceptors (Lipinski definition) is 4. The van der Waals surface area contributed by atoms with Gasteiger partial charge in [-0.25, -0.2) is 8.42 Å². The van der Waals surface area contributed by atoms with E-state index in [1.807, 2.05) is 0 Å². The topological polar surface area (TPSA) is 78.5 Å². The summed E-state index contributed by atoms with van der Waals surface area (Å²) in [6, 6.07) is 14.7. The molecule has 29 heavy (non-hydrogen) atoms. The molecule has 7 heteroatoms. The molecule has 1 fully saturated rings. The van der Waals surface area contributed by atoms with Crippen molar-refractivity contribution in [2.75, 3.05) is 30.9 Å². The number of nitrogens with one attached hydrogen (secondary N) is 2. The minimum Gasteiger partial charge on any atom is -0.352 e. The van der Waals surface area contributed by atoms with Crippen molar-refractivity contribution in [2.24, 2.45) is 0 Å². The Hall–Kier alpha value is -2.38. The van der Waals surface area contributed by atoms with Crippen LogP contribution in [0.3, 0.4) is 0 Å². The van der Waals surface area contributed by atoms with Crippen molar-refractivity contribution in [2.45, 2.75) is 37.0 Å². The summed E-state index contributed by atoms with van der Waals surface area (Å²) in [6.45, 7) is 3.90. The van der Waals surface area contributed by atoms with Crippen LogP contribution in [0, 0.1) is 0 Å². The van der Waals surface area contributed by atoms with Gasteiger partial charge < -0.3 is 10.2 Å². The van der Waals surface area contributed by atoms with Crippen molar-refractivity contribution >= 4 is 21.6 Å². The minimum atomic E-state index is -3.68. The number of sulfonamides is 1. The van der Waals surface area contributed by atoms with E-state index in [4.69, 9.17) is 0 Å². The Morgan fingerprint density at radius 3 is 2.38 bits per heavy atom. The average Bonchev–Trinajstić information content (AvgIpc) is 3.00. The summed E-state index contributed by atoms with van der Waals surface area (Å²) in [5.41, 5.74) is 0.805. The van der Waals surface area contributed by atoms with Gasteiger partial charge in [0, 0.05) is 17.8 Å². The Balaban J connectivity index is 1.51. The van der Waals surface area contributed by atoms with E-state index in [1.165, 1.54) is 37.8 Å². The maximum Gasteiger partial charge on any atom is 0.261 e. The van der Waals surface area contributed by atoms with E-state index in [0.29, 0.717) is 17.8 Å². The van der Waals surface area contributed by atoms with E-state index >= 15 is 0 Å². The number of anilines is 1. The normalized spacial score (nSPS) is 15.4. The second kappa shape index (κ2) is 10.4. The van der Waals surface area contributed by atoms with E-state index < -0.39 is 10.0 Å². The van der Waals surface area contributed by atoms with Crippen LogP contribution in [0.15, 0.2) is 59.5 Å².